The summed E-state index contributed by atoms with van der Waals surface area (Å²) in [5.41, 5.74) is 2.29. The Bertz CT molecular complexity index is 241. The lowest BCUT2D eigenvalue weighted by atomic mass is 10.3. The van der Waals surface area contributed by atoms with E-state index < -0.39 is 0 Å². The summed E-state index contributed by atoms with van der Waals surface area (Å²) in [7, 11) is 0. The Balaban J connectivity index is 2.85. The number of anilines is 1. The minimum Gasteiger partial charge on any atom is -0.371 e. The third-order valence-corrected chi connectivity index (χ3v) is 1.93. The van der Waals surface area contributed by atoms with Crippen molar-refractivity contribution in [1.29, 1.82) is 0 Å². The fraction of sp³-hybridized carbons (Fsp3) is 0.500. The minimum absolute atomic E-state index is 1.03. The monoisotopic (exact) mass is 163 g/mol. The Kier molecular flexibility index (Phi) is 3.09. The van der Waals surface area contributed by atoms with Gasteiger partial charge in [-0.25, -0.2) is 0 Å². The van der Waals surface area contributed by atoms with Crippen LogP contribution < -0.4 is 4.90 Å². The first-order chi connectivity index (χ1) is 5.77. The van der Waals surface area contributed by atoms with E-state index in [1.165, 1.54) is 5.69 Å². The molecule has 0 aliphatic rings. The van der Waals surface area contributed by atoms with E-state index in [-0.39, 0.29) is 0 Å². The van der Waals surface area contributed by atoms with Crippen molar-refractivity contribution < 1.29 is 0 Å². The normalized spacial score (nSPS) is 9.92. The van der Waals surface area contributed by atoms with E-state index in [0.29, 0.717) is 0 Å². The third-order valence-electron chi connectivity index (χ3n) is 1.93. The Morgan fingerprint density at radius 1 is 1.42 bits per heavy atom. The van der Waals surface area contributed by atoms with Gasteiger partial charge in [0.1, 0.15) is 0 Å². The molecule has 1 radical (unpaired) electrons. The molecule has 12 heavy (non-hydrogen) atoms. The van der Waals surface area contributed by atoms with Gasteiger partial charge in [0.2, 0.25) is 0 Å². The largest absolute Gasteiger partial charge is 0.371 e. The molecule has 0 saturated carbocycles. The first-order valence-electron chi connectivity index (χ1n) is 4.37. The molecule has 0 aromatic carbocycles. The summed E-state index contributed by atoms with van der Waals surface area (Å²) in [6.45, 7) is 8.37. The molecule has 0 aliphatic carbocycles. The van der Waals surface area contributed by atoms with Crippen LogP contribution in [0.3, 0.4) is 0 Å². The highest BCUT2D eigenvalue weighted by atomic mass is 15.1. The van der Waals surface area contributed by atoms with Gasteiger partial charge < -0.3 is 4.90 Å². The van der Waals surface area contributed by atoms with E-state index in [0.717, 1.165) is 18.7 Å². The van der Waals surface area contributed by atoms with Crippen LogP contribution >= 0.6 is 0 Å². The molecular formula is C10H15N2. The molecule has 0 N–H and O–H groups in total. The Labute approximate surface area is 74.2 Å². The molecule has 2 heteroatoms. The molecule has 1 rings (SSSR count). The molecule has 0 atom stereocenters. The van der Waals surface area contributed by atoms with Gasteiger partial charge in [-0.2, -0.15) is 0 Å². The number of pyridine rings is 1. The smallest absolute Gasteiger partial charge is 0.0919 e. The van der Waals surface area contributed by atoms with E-state index in [1.54, 1.807) is 0 Å². The van der Waals surface area contributed by atoms with Crippen LogP contribution in [0.2, 0.25) is 0 Å². The molecule has 1 aromatic heterocycles. The second-order valence-corrected chi connectivity index (χ2v) is 2.79. The van der Waals surface area contributed by atoms with Crippen LogP contribution in [0.4, 0.5) is 5.69 Å². The maximum absolute atomic E-state index is 4.03. The van der Waals surface area contributed by atoms with Crippen molar-refractivity contribution in [3.8, 4) is 0 Å². The summed E-state index contributed by atoms with van der Waals surface area (Å²) in [4.78, 5) is 6.31. The summed E-state index contributed by atoms with van der Waals surface area (Å²) in [5, 5.41) is 0. The maximum atomic E-state index is 4.03. The van der Waals surface area contributed by atoms with Gasteiger partial charge in [-0.1, -0.05) is 0 Å². The van der Waals surface area contributed by atoms with Crippen LogP contribution in [-0.2, 0) is 0 Å². The van der Waals surface area contributed by atoms with Crippen molar-refractivity contribution >= 4 is 5.69 Å². The van der Waals surface area contributed by atoms with Crippen LogP contribution in [0.15, 0.2) is 12.3 Å². The lowest BCUT2D eigenvalue weighted by Crippen LogP contribution is -2.21. The molecule has 0 spiro atoms. The molecule has 0 saturated heterocycles. The van der Waals surface area contributed by atoms with Crippen LogP contribution in [0.25, 0.3) is 0 Å². The zero-order chi connectivity index (χ0) is 8.97. The van der Waals surface area contributed by atoms with E-state index in [4.69, 9.17) is 0 Å². The second-order valence-electron chi connectivity index (χ2n) is 2.79. The minimum atomic E-state index is 1.03. The Hall–Kier alpha value is -1.05. The molecular weight excluding hydrogens is 148 g/mol. The average molecular weight is 163 g/mol. The summed E-state index contributed by atoms with van der Waals surface area (Å²) >= 11 is 0. The van der Waals surface area contributed by atoms with Crippen molar-refractivity contribution in [3.63, 3.8) is 0 Å². The van der Waals surface area contributed by atoms with Gasteiger partial charge in [0.05, 0.1) is 18.1 Å². The van der Waals surface area contributed by atoms with Crippen molar-refractivity contribution in [1.82, 2.24) is 4.98 Å². The molecule has 0 bridgehead atoms. The van der Waals surface area contributed by atoms with Gasteiger partial charge in [0.15, 0.2) is 0 Å². The summed E-state index contributed by atoms with van der Waals surface area (Å²) in [5.74, 6) is 0. The number of nitrogens with zero attached hydrogens (tertiary/aromatic N) is 2. The SMILES string of the molecule is CCN(CC)c1cn[c]c(C)c1. The molecule has 2 nitrogen and oxygen atoms in total. The first-order valence-corrected chi connectivity index (χ1v) is 4.37. The predicted octanol–water partition coefficient (Wildman–Crippen LogP) is 2.04. The number of aromatic nitrogens is 1. The van der Waals surface area contributed by atoms with E-state index in [1.807, 2.05) is 13.1 Å². The highest BCUT2D eigenvalue weighted by molar-refractivity contribution is 5.45. The molecule has 1 heterocycles. The third kappa shape index (κ3) is 1.97. The van der Waals surface area contributed by atoms with Gasteiger partial charge in [-0.3, -0.25) is 4.98 Å². The summed E-state index contributed by atoms with van der Waals surface area (Å²) in [6.07, 6.45) is 4.76. The van der Waals surface area contributed by atoms with E-state index in [2.05, 4.69) is 36.0 Å². The quantitative estimate of drug-likeness (QED) is 0.678. The zero-order valence-electron chi connectivity index (χ0n) is 7.96. The van der Waals surface area contributed by atoms with Crippen LogP contribution in [0, 0.1) is 13.1 Å². The van der Waals surface area contributed by atoms with Gasteiger partial charge >= 0.3 is 0 Å². The molecule has 0 aliphatic heterocycles. The molecule has 1 aromatic rings. The van der Waals surface area contributed by atoms with Crippen LogP contribution in [0.1, 0.15) is 19.4 Å². The lowest BCUT2D eigenvalue weighted by Gasteiger charge is -2.20. The number of rotatable bonds is 3. The molecule has 65 valence electrons. The second kappa shape index (κ2) is 4.10. The summed E-state index contributed by atoms with van der Waals surface area (Å²) in [6, 6.07) is 2.11. The maximum Gasteiger partial charge on any atom is 0.0919 e. The fourth-order valence-corrected chi connectivity index (χ4v) is 1.25. The zero-order valence-corrected chi connectivity index (χ0v) is 7.96. The number of hydrogen-bond acceptors (Lipinski definition) is 2. The standard InChI is InChI=1S/C10H15N2/c1-4-12(5-2)10-6-9(3)7-11-8-10/h6,8H,4-5H2,1-3H3. The Morgan fingerprint density at radius 3 is 2.58 bits per heavy atom. The van der Waals surface area contributed by atoms with Gasteiger partial charge in [0, 0.05) is 13.1 Å². The van der Waals surface area contributed by atoms with Gasteiger partial charge in [-0.15, -0.1) is 0 Å². The first kappa shape index (κ1) is 9.04. The van der Waals surface area contributed by atoms with E-state index >= 15 is 0 Å². The van der Waals surface area contributed by atoms with Crippen molar-refractivity contribution in [3.05, 3.63) is 24.0 Å². The highest BCUT2D eigenvalue weighted by Gasteiger charge is 2.00. The molecule has 0 unspecified atom stereocenters. The van der Waals surface area contributed by atoms with Crippen LogP contribution in [0.5, 0.6) is 0 Å². The van der Waals surface area contributed by atoms with Crippen molar-refractivity contribution in [2.24, 2.45) is 0 Å². The Morgan fingerprint density at radius 2 is 2.08 bits per heavy atom. The van der Waals surface area contributed by atoms with E-state index in [9.17, 15) is 0 Å². The van der Waals surface area contributed by atoms with Crippen LogP contribution in [-0.4, -0.2) is 18.1 Å². The van der Waals surface area contributed by atoms with Gasteiger partial charge in [0.25, 0.3) is 0 Å². The van der Waals surface area contributed by atoms with Gasteiger partial charge in [-0.05, 0) is 32.4 Å². The highest BCUT2D eigenvalue weighted by Crippen LogP contribution is 2.12. The van der Waals surface area contributed by atoms with Crippen molar-refractivity contribution in [2.45, 2.75) is 20.8 Å². The predicted molar refractivity (Wildman–Crippen MR) is 51.4 cm³/mol. The summed E-state index contributed by atoms with van der Waals surface area (Å²) < 4.78 is 0. The number of aryl methyl sites for hydroxylation is 1. The lowest BCUT2D eigenvalue weighted by molar-refractivity contribution is 0.861. The molecule has 0 fully saturated rings. The van der Waals surface area contributed by atoms with Crippen molar-refractivity contribution in [2.75, 3.05) is 18.0 Å². The molecule has 0 amide bonds. The average Bonchev–Trinajstić information content (AvgIpc) is 2.07. The topological polar surface area (TPSA) is 16.1 Å². The number of hydrogen-bond donors (Lipinski definition) is 0. The fourth-order valence-electron chi connectivity index (χ4n) is 1.25.